The standard InChI is InChI=1S/C17H18FNO4/c1-4-23-15-8-5-11(9-16(15)22-3)19-17(20)13-7-6-12(21-2)10-14(13)18/h5-10H,4H2,1-3H3,(H,19,20). The zero-order valence-electron chi connectivity index (χ0n) is 13.2. The molecule has 0 unspecified atom stereocenters. The molecule has 2 aromatic rings. The average molecular weight is 319 g/mol. The molecule has 0 spiro atoms. The van der Waals surface area contributed by atoms with Gasteiger partial charge in [0.2, 0.25) is 0 Å². The SMILES string of the molecule is CCOc1ccc(NC(=O)c2ccc(OC)cc2F)cc1OC. The van der Waals surface area contributed by atoms with Gasteiger partial charge in [-0.25, -0.2) is 4.39 Å². The molecule has 0 bridgehead atoms. The van der Waals surface area contributed by atoms with Gasteiger partial charge >= 0.3 is 0 Å². The zero-order chi connectivity index (χ0) is 16.8. The van der Waals surface area contributed by atoms with Gasteiger partial charge in [0.05, 0.1) is 26.4 Å². The summed E-state index contributed by atoms with van der Waals surface area (Å²) < 4.78 is 29.4. The van der Waals surface area contributed by atoms with Crippen molar-refractivity contribution in [1.82, 2.24) is 0 Å². The second-order valence-corrected chi connectivity index (χ2v) is 4.60. The first kappa shape index (κ1) is 16.6. The number of anilines is 1. The molecule has 0 fully saturated rings. The Morgan fingerprint density at radius 1 is 1.09 bits per heavy atom. The van der Waals surface area contributed by atoms with Gasteiger partial charge in [-0.2, -0.15) is 0 Å². The van der Waals surface area contributed by atoms with Crippen LogP contribution in [-0.4, -0.2) is 26.7 Å². The fourth-order valence-electron chi connectivity index (χ4n) is 2.03. The number of benzene rings is 2. The number of halogens is 1. The lowest BCUT2D eigenvalue weighted by atomic mass is 10.2. The number of hydrogen-bond donors (Lipinski definition) is 1. The molecular weight excluding hydrogens is 301 g/mol. The van der Waals surface area contributed by atoms with Crippen molar-refractivity contribution in [1.29, 1.82) is 0 Å². The van der Waals surface area contributed by atoms with E-state index in [1.54, 1.807) is 18.2 Å². The highest BCUT2D eigenvalue weighted by Crippen LogP contribution is 2.30. The topological polar surface area (TPSA) is 56.8 Å². The molecule has 5 nitrogen and oxygen atoms in total. The van der Waals surface area contributed by atoms with Crippen LogP contribution in [0.1, 0.15) is 17.3 Å². The van der Waals surface area contributed by atoms with Crippen LogP contribution in [0, 0.1) is 5.82 Å². The Morgan fingerprint density at radius 3 is 2.48 bits per heavy atom. The fraction of sp³-hybridized carbons (Fsp3) is 0.235. The summed E-state index contributed by atoms with van der Waals surface area (Å²) in [5, 5.41) is 2.63. The Kier molecular flexibility index (Phi) is 5.41. The monoisotopic (exact) mass is 319 g/mol. The van der Waals surface area contributed by atoms with Crippen molar-refractivity contribution in [2.24, 2.45) is 0 Å². The molecule has 0 heterocycles. The van der Waals surface area contributed by atoms with Crippen LogP contribution in [0.25, 0.3) is 0 Å². The number of carbonyl (C=O) groups excluding carboxylic acids is 1. The normalized spacial score (nSPS) is 10.1. The van der Waals surface area contributed by atoms with E-state index in [0.29, 0.717) is 29.5 Å². The Morgan fingerprint density at radius 2 is 1.87 bits per heavy atom. The Hall–Kier alpha value is -2.76. The smallest absolute Gasteiger partial charge is 0.258 e. The Balaban J connectivity index is 2.20. The highest BCUT2D eigenvalue weighted by atomic mass is 19.1. The van der Waals surface area contributed by atoms with Crippen LogP contribution in [0.5, 0.6) is 17.2 Å². The summed E-state index contributed by atoms with van der Waals surface area (Å²) >= 11 is 0. The molecule has 0 aliphatic rings. The average Bonchev–Trinajstić information content (AvgIpc) is 2.56. The molecule has 1 amide bonds. The number of rotatable bonds is 6. The summed E-state index contributed by atoms with van der Waals surface area (Å²) in [6.45, 7) is 2.36. The van der Waals surface area contributed by atoms with Crippen LogP contribution in [0.2, 0.25) is 0 Å². The van der Waals surface area contributed by atoms with Gasteiger partial charge in [0.15, 0.2) is 11.5 Å². The molecule has 0 saturated carbocycles. The molecule has 0 aromatic heterocycles. The number of methoxy groups -OCH3 is 2. The first-order valence-electron chi connectivity index (χ1n) is 7.04. The van der Waals surface area contributed by atoms with Gasteiger partial charge in [-0.15, -0.1) is 0 Å². The summed E-state index contributed by atoms with van der Waals surface area (Å²) in [6.07, 6.45) is 0. The second kappa shape index (κ2) is 7.49. The predicted molar refractivity (Wildman–Crippen MR) is 85.1 cm³/mol. The first-order valence-corrected chi connectivity index (χ1v) is 7.04. The largest absolute Gasteiger partial charge is 0.497 e. The molecule has 0 atom stereocenters. The quantitative estimate of drug-likeness (QED) is 0.885. The van der Waals surface area contributed by atoms with Crippen LogP contribution < -0.4 is 19.5 Å². The Bertz CT molecular complexity index is 703. The van der Waals surface area contributed by atoms with E-state index >= 15 is 0 Å². The van der Waals surface area contributed by atoms with E-state index in [0.717, 1.165) is 6.07 Å². The van der Waals surface area contributed by atoms with E-state index in [4.69, 9.17) is 14.2 Å². The third-order valence-electron chi connectivity index (χ3n) is 3.14. The summed E-state index contributed by atoms with van der Waals surface area (Å²) in [6, 6.07) is 9.01. The maximum atomic E-state index is 13.9. The summed E-state index contributed by atoms with van der Waals surface area (Å²) in [4.78, 5) is 12.2. The van der Waals surface area contributed by atoms with Crippen molar-refractivity contribution in [3.8, 4) is 17.2 Å². The predicted octanol–water partition coefficient (Wildman–Crippen LogP) is 3.49. The van der Waals surface area contributed by atoms with Crippen molar-refractivity contribution in [2.45, 2.75) is 6.92 Å². The summed E-state index contributed by atoms with van der Waals surface area (Å²) in [7, 11) is 2.94. The van der Waals surface area contributed by atoms with Gasteiger partial charge in [0.1, 0.15) is 11.6 Å². The first-order chi connectivity index (χ1) is 11.1. The lowest BCUT2D eigenvalue weighted by molar-refractivity contribution is 0.102. The highest BCUT2D eigenvalue weighted by Gasteiger charge is 2.14. The summed E-state index contributed by atoms with van der Waals surface area (Å²) in [5.41, 5.74) is 0.407. The molecular formula is C17H18FNO4. The van der Waals surface area contributed by atoms with E-state index in [-0.39, 0.29) is 5.56 Å². The van der Waals surface area contributed by atoms with Gasteiger partial charge in [-0.1, -0.05) is 0 Å². The minimum atomic E-state index is -0.653. The zero-order valence-corrected chi connectivity index (χ0v) is 13.2. The van der Waals surface area contributed by atoms with E-state index in [9.17, 15) is 9.18 Å². The lowest BCUT2D eigenvalue weighted by Crippen LogP contribution is -2.14. The second-order valence-electron chi connectivity index (χ2n) is 4.60. The highest BCUT2D eigenvalue weighted by molar-refractivity contribution is 6.04. The molecule has 122 valence electrons. The molecule has 0 aliphatic carbocycles. The minimum absolute atomic E-state index is 0.0707. The van der Waals surface area contributed by atoms with Crippen LogP contribution in [-0.2, 0) is 0 Å². The molecule has 0 aliphatic heterocycles. The molecule has 2 aromatic carbocycles. The van der Waals surface area contributed by atoms with Crippen molar-refractivity contribution >= 4 is 11.6 Å². The van der Waals surface area contributed by atoms with Crippen LogP contribution in [0.4, 0.5) is 10.1 Å². The lowest BCUT2D eigenvalue weighted by Gasteiger charge is -2.12. The third-order valence-corrected chi connectivity index (χ3v) is 3.14. The van der Waals surface area contributed by atoms with Crippen molar-refractivity contribution in [3.05, 3.63) is 47.8 Å². The number of nitrogens with one attached hydrogen (secondary N) is 1. The van der Waals surface area contributed by atoms with Crippen molar-refractivity contribution in [3.63, 3.8) is 0 Å². The van der Waals surface area contributed by atoms with Gasteiger partial charge in [-0.3, -0.25) is 4.79 Å². The van der Waals surface area contributed by atoms with Crippen molar-refractivity contribution in [2.75, 3.05) is 26.1 Å². The van der Waals surface area contributed by atoms with Crippen LogP contribution in [0.3, 0.4) is 0 Å². The number of hydrogen-bond acceptors (Lipinski definition) is 4. The van der Waals surface area contributed by atoms with E-state index in [2.05, 4.69) is 5.32 Å². The number of carbonyl (C=O) groups is 1. The van der Waals surface area contributed by atoms with Gasteiger partial charge in [-0.05, 0) is 31.2 Å². The Labute approximate surface area is 134 Å². The molecule has 2 rings (SSSR count). The van der Waals surface area contributed by atoms with E-state index in [1.807, 2.05) is 6.92 Å². The molecule has 0 radical (unpaired) electrons. The fourth-order valence-corrected chi connectivity index (χ4v) is 2.03. The molecule has 1 N–H and O–H groups in total. The van der Waals surface area contributed by atoms with Gasteiger partial charge < -0.3 is 19.5 Å². The van der Waals surface area contributed by atoms with Gasteiger partial charge in [0, 0.05) is 17.8 Å². The van der Waals surface area contributed by atoms with E-state index < -0.39 is 11.7 Å². The molecule has 0 saturated heterocycles. The number of amides is 1. The van der Waals surface area contributed by atoms with Crippen LogP contribution >= 0.6 is 0 Å². The van der Waals surface area contributed by atoms with E-state index in [1.165, 1.54) is 26.4 Å². The molecule has 23 heavy (non-hydrogen) atoms. The van der Waals surface area contributed by atoms with Crippen LogP contribution in [0.15, 0.2) is 36.4 Å². The number of ether oxygens (including phenoxy) is 3. The maximum absolute atomic E-state index is 13.9. The summed E-state index contributed by atoms with van der Waals surface area (Å²) in [5.74, 6) is 0.196. The van der Waals surface area contributed by atoms with Crippen molar-refractivity contribution < 1.29 is 23.4 Å². The third kappa shape index (κ3) is 3.91. The maximum Gasteiger partial charge on any atom is 0.258 e. The van der Waals surface area contributed by atoms with Gasteiger partial charge in [0.25, 0.3) is 5.91 Å². The molecule has 6 heteroatoms. The minimum Gasteiger partial charge on any atom is -0.497 e.